The molecule has 280 valence electrons. The van der Waals surface area contributed by atoms with Gasteiger partial charge in [-0.25, -0.2) is 9.59 Å². The van der Waals surface area contributed by atoms with Crippen LogP contribution in [0.5, 0.6) is 23.0 Å². The van der Waals surface area contributed by atoms with E-state index in [1.54, 1.807) is 78.8 Å². The van der Waals surface area contributed by atoms with Gasteiger partial charge in [-0.2, -0.15) is 13.2 Å². The number of phenolic OH excluding ortho intramolecular Hbond substituents is 1. The van der Waals surface area contributed by atoms with Crippen molar-refractivity contribution in [1.29, 1.82) is 0 Å². The van der Waals surface area contributed by atoms with E-state index in [0.717, 1.165) is 34.5 Å². The van der Waals surface area contributed by atoms with Crippen LogP contribution in [0.15, 0.2) is 72.8 Å². The highest BCUT2D eigenvalue weighted by Gasteiger charge is 2.33. The minimum Gasteiger partial charge on any atom is -0.508 e. The number of rotatable bonds is 12. The Balaban J connectivity index is 0.000000359. The van der Waals surface area contributed by atoms with E-state index in [2.05, 4.69) is 4.98 Å². The SMILES string of the molecule is CCOC(=O)C(C)(C)Oc1ccc(O)cc1C.CCOC(=O)C(C)(C)Oc1ccc(OCc2ccc(-c3ccc(C(F)(F)F)cc3)nc2C)cc1C. The van der Waals surface area contributed by atoms with Crippen molar-refractivity contribution in [3.8, 4) is 34.3 Å². The third-order valence-electron chi connectivity index (χ3n) is 7.67. The van der Waals surface area contributed by atoms with Gasteiger partial charge in [0.05, 0.1) is 24.5 Å². The van der Waals surface area contributed by atoms with Gasteiger partial charge in [-0.05, 0) is 128 Å². The first-order valence-electron chi connectivity index (χ1n) is 16.7. The first kappa shape index (κ1) is 41.2. The molecule has 4 rings (SSSR count). The predicted octanol–water partition coefficient (Wildman–Crippen LogP) is 9.10. The molecule has 0 spiro atoms. The molecular weight excluding hydrogens is 679 g/mol. The quantitative estimate of drug-likeness (QED) is 0.143. The van der Waals surface area contributed by atoms with Crippen molar-refractivity contribution in [2.45, 2.75) is 86.3 Å². The molecule has 1 heterocycles. The second-order valence-electron chi connectivity index (χ2n) is 12.8. The van der Waals surface area contributed by atoms with Crippen molar-refractivity contribution in [1.82, 2.24) is 4.98 Å². The lowest BCUT2D eigenvalue weighted by atomic mass is 10.1. The third-order valence-corrected chi connectivity index (χ3v) is 7.67. The first-order chi connectivity index (χ1) is 24.3. The van der Waals surface area contributed by atoms with Gasteiger partial charge in [-0.15, -0.1) is 0 Å². The highest BCUT2D eigenvalue weighted by molar-refractivity contribution is 5.79. The zero-order valence-electron chi connectivity index (χ0n) is 30.9. The maximum absolute atomic E-state index is 12.8. The summed E-state index contributed by atoms with van der Waals surface area (Å²) in [5.41, 5.74) is 1.46. The normalized spacial score (nSPS) is 11.5. The summed E-state index contributed by atoms with van der Waals surface area (Å²) >= 11 is 0. The van der Waals surface area contributed by atoms with Crippen LogP contribution in [-0.4, -0.2) is 46.4 Å². The van der Waals surface area contributed by atoms with Gasteiger partial charge in [-0.3, -0.25) is 4.98 Å². The summed E-state index contributed by atoms with van der Waals surface area (Å²) in [6.07, 6.45) is -4.37. The fourth-order valence-electron chi connectivity index (χ4n) is 4.71. The molecule has 0 saturated heterocycles. The summed E-state index contributed by atoms with van der Waals surface area (Å²) in [5.74, 6) is 1.05. The Labute approximate surface area is 302 Å². The van der Waals surface area contributed by atoms with Crippen LogP contribution in [0, 0.1) is 20.8 Å². The zero-order valence-corrected chi connectivity index (χ0v) is 30.9. The van der Waals surface area contributed by atoms with Gasteiger partial charge in [0.1, 0.15) is 29.6 Å². The van der Waals surface area contributed by atoms with Gasteiger partial charge < -0.3 is 28.8 Å². The maximum atomic E-state index is 12.8. The number of esters is 2. The Morgan fingerprint density at radius 2 is 1.23 bits per heavy atom. The minimum absolute atomic E-state index is 0.170. The van der Waals surface area contributed by atoms with E-state index in [-0.39, 0.29) is 19.0 Å². The van der Waals surface area contributed by atoms with E-state index in [9.17, 15) is 27.9 Å². The van der Waals surface area contributed by atoms with Gasteiger partial charge in [-0.1, -0.05) is 18.2 Å². The molecule has 3 aromatic carbocycles. The molecular formula is C40H46F3NO8. The topological polar surface area (TPSA) is 113 Å². The predicted molar refractivity (Wildman–Crippen MR) is 190 cm³/mol. The molecule has 0 aliphatic carbocycles. The van der Waals surface area contributed by atoms with E-state index in [4.69, 9.17) is 23.7 Å². The highest BCUT2D eigenvalue weighted by Crippen LogP contribution is 2.32. The van der Waals surface area contributed by atoms with E-state index >= 15 is 0 Å². The Bertz CT molecular complexity index is 1840. The minimum atomic E-state index is -4.37. The zero-order chi connectivity index (χ0) is 38.9. The number of carbonyl (C=O) groups excluding carboxylic acids is 2. The fourth-order valence-corrected chi connectivity index (χ4v) is 4.71. The lowest BCUT2D eigenvalue weighted by Crippen LogP contribution is -2.39. The summed E-state index contributed by atoms with van der Waals surface area (Å²) in [7, 11) is 0. The van der Waals surface area contributed by atoms with Crippen LogP contribution in [0.25, 0.3) is 11.3 Å². The van der Waals surface area contributed by atoms with E-state index in [1.807, 2.05) is 26.0 Å². The van der Waals surface area contributed by atoms with Crippen LogP contribution in [0.2, 0.25) is 0 Å². The highest BCUT2D eigenvalue weighted by atomic mass is 19.4. The maximum Gasteiger partial charge on any atom is 0.416 e. The smallest absolute Gasteiger partial charge is 0.416 e. The molecule has 0 aliphatic rings. The number of aromatic nitrogens is 1. The van der Waals surface area contributed by atoms with Gasteiger partial charge in [0.2, 0.25) is 0 Å². The van der Waals surface area contributed by atoms with E-state index < -0.39 is 34.9 Å². The monoisotopic (exact) mass is 725 g/mol. The molecule has 1 aromatic heterocycles. The Kier molecular flexibility index (Phi) is 13.7. The molecule has 1 N–H and O–H groups in total. The number of phenols is 1. The number of ether oxygens (including phenoxy) is 5. The van der Waals surface area contributed by atoms with Gasteiger partial charge in [0, 0.05) is 16.8 Å². The summed E-state index contributed by atoms with van der Waals surface area (Å²) in [6, 6.07) is 18.6. The molecule has 52 heavy (non-hydrogen) atoms. The largest absolute Gasteiger partial charge is 0.508 e. The van der Waals surface area contributed by atoms with Crippen LogP contribution in [0.3, 0.4) is 0 Å². The van der Waals surface area contributed by atoms with Gasteiger partial charge >= 0.3 is 18.1 Å². The lowest BCUT2D eigenvalue weighted by molar-refractivity contribution is -0.159. The van der Waals surface area contributed by atoms with Crippen molar-refractivity contribution in [3.05, 3.63) is 101 Å². The Hall–Kier alpha value is -5.26. The van der Waals surface area contributed by atoms with Crippen LogP contribution in [0.4, 0.5) is 13.2 Å². The molecule has 0 atom stereocenters. The summed E-state index contributed by atoms with van der Waals surface area (Å²) in [4.78, 5) is 28.3. The van der Waals surface area contributed by atoms with Crippen molar-refractivity contribution in [2.75, 3.05) is 13.2 Å². The van der Waals surface area contributed by atoms with Crippen molar-refractivity contribution in [3.63, 3.8) is 0 Å². The number of alkyl halides is 3. The lowest BCUT2D eigenvalue weighted by Gasteiger charge is -2.25. The Morgan fingerprint density at radius 3 is 1.69 bits per heavy atom. The van der Waals surface area contributed by atoms with E-state index in [0.29, 0.717) is 35.1 Å². The third kappa shape index (κ3) is 11.4. The number of aryl methyl sites for hydroxylation is 3. The number of benzene rings is 3. The second-order valence-corrected chi connectivity index (χ2v) is 12.8. The molecule has 0 radical (unpaired) electrons. The fraction of sp³-hybridized carbons (Fsp3) is 0.375. The number of carbonyl (C=O) groups is 2. The number of pyridine rings is 1. The Morgan fingerprint density at radius 1 is 0.712 bits per heavy atom. The van der Waals surface area contributed by atoms with E-state index in [1.165, 1.54) is 18.2 Å². The number of hydrogen-bond donors (Lipinski definition) is 1. The van der Waals surface area contributed by atoms with Crippen molar-refractivity contribution in [2.24, 2.45) is 0 Å². The molecule has 0 fully saturated rings. The number of aromatic hydroxyl groups is 1. The van der Waals surface area contributed by atoms with Gasteiger partial charge in [0.15, 0.2) is 11.2 Å². The average molecular weight is 726 g/mol. The second kappa shape index (κ2) is 17.3. The summed E-state index contributed by atoms with van der Waals surface area (Å²) in [5, 5.41) is 9.28. The van der Waals surface area contributed by atoms with Crippen molar-refractivity contribution >= 4 is 11.9 Å². The van der Waals surface area contributed by atoms with Crippen molar-refractivity contribution < 1.29 is 51.6 Å². The molecule has 0 aliphatic heterocycles. The number of nitrogens with zero attached hydrogens (tertiary/aromatic N) is 1. The molecule has 0 amide bonds. The summed E-state index contributed by atoms with van der Waals surface area (Å²) < 4.78 is 65.7. The van der Waals surface area contributed by atoms with Crippen LogP contribution in [-0.2, 0) is 31.8 Å². The van der Waals surface area contributed by atoms with Crippen LogP contribution >= 0.6 is 0 Å². The molecule has 0 unspecified atom stereocenters. The van der Waals surface area contributed by atoms with Crippen LogP contribution < -0.4 is 14.2 Å². The first-order valence-corrected chi connectivity index (χ1v) is 16.7. The number of halogens is 3. The molecule has 0 saturated carbocycles. The number of hydrogen-bond acceptors (Lipinski definition) is 9. The molecule has 12 heteroatoms. The van der Waals surface area contributed by atoms with Gasteiger partial charge in [0.25, 0.3) is 0 Å². The molecule has 4 aromatic rings. The summed E-state index contributed by atoms with van der Waals surface area (Å²) in [6.45, 7) is 16.4. The molecule has 0 bridgehead atoms. The molecule has 9 nitrogen and oxygen atoms in total. The van der Waals surface area contributed by atoms with Crippen LogP contribution in [0.1, 0.15) is 69.5 Å². The average Bonchev–Trinajstić information content (AvgIpc) is 3.06. The standard InChI is InChI=1S/C27H28F3NO4.C13H18O4/c1-6-33-25(32)26(4,5)35-24-14-12-22(15-17(24)2)34-16-20-9-13-23(31-18(20)3)19-7-10-21(11-8-19)27(28,29)30;1-5-16-12(15)13(3,4)17-11-7-6-10(14)8-9(11)2/h7-15H,6,16H2,1-5H3;6-8,14H,5H2,1-4H3.